The van der Waals surface area contributed by atoms with Crippen molar-refractivity contribution in [3.8, 4) is 5.75 Å². The summed E-state index contributed by atoms with van der Waals surface area (Å²) in [6, 6.07) is 27.6. The predicted molar refractivity (Wildman–Crippen MR) is 143 cm³/mol. The Balaban J connectivity index is 1.14. The third-order valence-corrected chi connectivity index (χ3v) is 6.52. The monoisotopic (exact) mass is 470 g/mol. The summed E-state index contributed by atoms with van der Waals surface area (Å²) < 4.78 is 17.9. The summed E-state index contributed by atoms with van der Waals surface area (Å²) in [4.78, 5) is 0. The van der Waals surface area contributed by atoms with Gasteiger partial charge in [0.25, 0.3) is 0 Å². The highest BCUT2D eigenvalue weighted by Crippen LogP contribution is 2.28. The van der Waals surface area contributed by atoms with Crippen LogP contribution in [0.25, 0.3) is 0 Å². The van der Waals surface area contributed by atoms with Gasteiger partial charge in [-0.15, -0.1) is 0 Å². The second kappa shape index (κ2) is 13.3. The van der Waals surface area contributed by atoms with Crippen LogP contribution in [0, 0.1) is 0 Å². The van der Waals surface area contributed by atoms with E-state index in [-0.39, 0.29) is 12.4 Å². The Morgan fingerprint density at radius 1 is 0.829 bits per heavy atom. The van der Waals surface area contributed by atoms with Gasteiger partial charge in [0, 0.05) is 5.92 Å². The molecule has 0 saturated heterocycles. The quantitative estimate of drug-likeness (QED) is 0.201. The Bertz CT molecular complexity index is 1020. The molecule has 0 amide bonds. The zero-order valence-electron chi connectivity index (χ0n) is 21.1. The molecule has 0 aliphatic heterocycles. The molecular weight excluding hydrogens is 432 g/mol. The maximum Gasteiger partial charge on any atom is 0.155 e. The van der Waals surface area contributed by atoms with Gasteiger partial charge in [-0.3, -0.25) is 0 Å². The molecule has 35 heavy (non-hydrogen) atoms. The van der Waals surface area contributed by atoms with Crippen molar-refractivity contribution in [1.29, 1.82) is 0 Å². The number of rotatable bonds is 12. The zero-order valence-corrected chi connectivity index (χ0v) is 21.1. The maximum atomic E-state index is 6.00. The van der Waals surface area contributed by atoms with Crippen LogP contribution in [0.4, 0.5) is 0 Å². The van der Waals surface area contributed by atoms with Crippen molar-refractivity contribution in [2.24, 2.45) is 0 Å². The van der Waals surface area contributed by atoms with Crippen LogP contribution >= 0.6 is 0 Å². The first kappa shape index (κ1) is 25.2. The van der Waals surface area contributed by atoms with E-state index in [9.17, 15) is 0 Å². The van der Waals surface area contributed by atoms with Gasteiger partial charge in [0.15, 0.2) is 6.29 Å². The minimum Gasteiger partial charge on any atom is -0.489 e. The minimum atomic E-state index is -0.225. The van der Waals surface area contributed by atoms with E-state index in [4.69, 9.17) is 14.2 Å². The van der Waals surface area contributed by atoms with Crippen molar-refractivity contribution < 1.29 is 14.2 Å². The third-order valence-electron chi connectivity index (χ3n) is 6.52. The Morgan fingerprint density at radius 3 is 2.29 bits per heavy atom. The molecule has 0 radical (unpaired) electrons. The van der Waals surface area contributed by atoms with Crippen LogP contribution in [0.15, 0.2) is 91.0 Å². The van der Waals surface area contributed by atoms with Crippen LogP contribution in [-0.2, 0) is 28.9 Å². The SMILES string of the molecule is CC(Cc1ccccc1)OC(C)OCCc1ccc(OCc2ccc(C3C=CCCC3)cc2)cc1. The van der Waals surface area contributed by atoms with Gasteiger partial charge in [0.1, 0.15) is 12.4 Å². The van der Waals surface area contributed by atoms with Gasteiger partial charge in [0.2, 0.25) is 0 Å². The highest BCUT2D eigenvalue weighted by molar-refractivity contribution is 5.30. The summed E-state index contributed by atoms with van der Waals surface area (Å²) >= 11 is 0. The van der Waals surface area contributed by atoms with Gasteiger partial charge < -0.3 is 14.2 Å². The van der Waals surface area contributed by atoms with E-state index < -0.39 is 0 Å². The van der Waals surface area contributed by atoms with Crippen LogP contribution < -0.4 is 4.74 Å². The fourth-order valence-corrected chi connectivity index (χ4v) is 4.57. The molecule has 184 valence electrons. The van der Waals surface area contributed by atoms with Gasteiger partial charge in [-0.1, -0.05) is 78.9 Å². The van der Waals surface area contributed by atoms with E-state index in [1.54, 1.807) is 0 Å². The number of ether oxygens (including phenoxy) is 3. The molecule has 3 aromatic rings. The van der Waals surface area contributed by atoms with E-state index >= 15 is 0 Å². The molecule has 3 nitrogen and oxygen atoms in total. The molecular formula is C32H38O3. The van der Waals surface area contributed by atoms with Crippen LogP contribution in [0.5, 0.6) is 5.75 Å². The first-order valence-corrected chi connectivity index (χ1v) is 12.9. The zero-order chi connectivity index (χ0) is 24.3. The van der Waals surface area contributed by atoms with Crippen molar-refractivity contribution in [2.75, 3.05) is 6.61 Å². The molecule has 0 N–H and O–H groups in total. The number of hydrogen-bond acceptors (Lipinski definition) is 3. The Kier molecular flexibility index (Phi) is 9.56. The van der Waals surface area contributed by atoms with Crippen LogP contribution in [0.1, 0.15) is 61.3 Å². The average Bonchev–Trinajstić information content (AvgIpc) is 2.89. The summed E-state index contributed by atoms with van der Waals surface area (Å²) in [5, 5.41) is 0. The number of hydrogen-bond donors (Lipinski definition) is 0. The molecule has 0 saturated carbocycles. The summed E-state index contributed by atoms with van der Waals surface area (Å²) in [5.74, 6) is 1.46. The van der Waals surface area contributed by atoms with Crippen molar-refractivity contribution in [1.82, 2.24) is 0 Å². The molecule has 0 aromatic heterocycles. The normalized spacial score (nSPS) is 17.1. The molecule has 1 aliphatic rings. The second-order valence-corrected chi connectivity index (χ2v) is 9.46. The lowest BCUT2D eigenvalue weighted by Crippen LogP contribution is -2.22. The predicted octanol–water partition coefficient (Wildman–Crippen LogP) is 7.64. The number of allylic oxidation sites excluding steroid dienone is 2. The highest BCUT2D eigenvalue weighted by atomic mass is 16.7. The first-order chi connectivity index (χ1) is 17.2. The lowest BCUT2D eigenvalue weighted by Gasteiger charge is -2.19. The summed E-state index contributed by atoms with van der Waals surface area (Å²) in [7, 11) is 0. The lowest BCUT2D eigenvalue weighted by molar-refractivity contribution is -0.154. The van der Waals surface area contributed by atoms with Crippen molar-refractivity contribution >= 4 is 0 Å². The molecule has 3 heteroatoms. The first-order valence-electron chi connectivity index (χ1n) is 12.9. The molecule has 3 atom stereocenters. The molecule has 0 fully saturated rings. The van der Waals surface area contributed by atoms with E-state index in [2.05, 4.69) is 79.7 Å². The topological polar surface area (TPSA) is 27.7 Å². The van der Waals surface area contributed by atoms with Crippen molar-refractivity contribution in [3.63, 3.8) is 0 Å². The van der Waals surface area contributed by atoms with E-state index in [1.807, 2.05) is 25.1 Å². The van der Waals surface area contributed by atoms with Gasteiger partial charge in [-0.25, -0.2) is 0 Å². The third kappa shape index (κ3) is 8.38. The second-order valence-electron chi connectivity index (χ2n) is 9.46. The Labute approximate surface area is 210 Å². The van der Waals surface area contributed by atoms with E-state index in [0.29, 0.717) is 19.1 Å². The Hall–Kier alpha value is -2.88. The van der Waals surface area contributed by atoms with Gasteiger partial charge >= 0.3 is 0 Å². The van der Waals surface area contributed by atoms with Gasteiger partial charge in [-0.2, -0.15) is 0 Å². The molecule has 1 aliphatic carbocycles. The van der Waals surface area contributed by atoms with Gasteiger partial charge in [0.05, 0.1) is 12.7 Å². The van der Waals surface area contributed by atoms with Gasteiger partial charge in [-0.05, 0) is 80.3 Å². The molecule has 3 unspecified atom stereocenters. The standard InChI is InChI=1S/C32H38O3/c1-25(23-28-9-5-3-6-10-28)35-26(2)33-22-21-27-15-19-32(20-16-27)34-24-29-13-17-31(18-14-29)30-11-7-4-8-12-30/h3,5-7,9-11,13-20,25-26,30H,4,8,12,21-24H2,1-2H3. The van der Waals surface area contributed by atoms with Crippen molar-refractivity contribution in [2.45, 2.75) is 70.9 Å². The lowest BCUT2D eigenvalue weighted by atomic mass is 9.89. The fourth-order valence-electron chi connectivity index (χ4n) is 4.57. The average molecular weight is 471 g/mol. The highest BCUT2D eigenvalue weighted by Gasteiger charge is 2.11. The van der Waals surface area contributed by atoms with E-state index in [1.165, 1.54) is 41.5 Å². The van der Waals surface area contributed by atoms with E-state index in [0.717, 1.165) is 18.6 Å². The van der Waals surface area contributed by atoms with Crippen molar-refractivity contribution in [3.05, 3.63) is 113 Å². The molecule has 4 rings (SSSR count). The summed E-state index contributed by atoms with van der Waals surface area (Å²) in [6.07, 6.45) is 10.0. The fraction of sp³-hybridized carbons (Fsp3) is 0.375. The van der Waals surface area contributed by atoms with Crippen LogP contribution in [0.3, 0.4) is 0 Å². The Morgan fingerprint density at radius 2 is 1.57 bits per heavy atom. The smallest absolute Gasteiger partial charge is 0.155 e. The van der Waals surface area contributed by atoms with Crippen LogP contribution in [-0.4, -0.2) is 19.0 Å². The largest absolute Gasteiger partial charge is 0.489 e. The maximum absolute atomic E-state index is 6.00. The molecule has 3 aromatic carbocycles. The molecule has 0 heterocycles. The number of benzene rings is 3. The molecule has 0 bridgehead atoms. The summed E-state index contributed by atoms with van der Waals surface area (Å²) in [6.45, 7) is 5.27. The summed E-state index contributed by atoms with van der Waals surface area (Å²) in [5.41, 5.74) is 5.11. The van der Waals surface area contributed by atoms with Crippen LogP contribution in [0.2, 0.25) is 0 Å². The minimum absolute atomic E-state index is 0.115. The molecule has 0 spiro atoms.